The first-order chi connectivity index (χ1) is 20.7. The zero-order chi connectivity index (χ0) is 30.1. The third-order valence-electron chi connectivity index (χ3n) is 8.64. The Kier molecular flexibility index (Phi) is 7.66. The predicted molar refractivity (Wildman–Crippen MR) is 173 cm³/mol. The van der Waals surface area contributed by atoms with Gasteiger partial charge in [0.1, 0.15) is 5.75 Å². The number of ketones is 1. The predicted octanol–water partition coefficient (Wildman–Crippen LogP) is 8.14. The monoisotopic (exact) mass is 570 g/mol. The van der Waals surface area contributed by atoms with Crippen LogP contribution < -0.4 is 15.0 Å². The molecule has 0 bridgehead atoms. The van der Waals surface area contributed by atoms with Gasteiger partial charge in [-0.15, -0.1) is 0 Å². The number of benzene rings is 4. The van der Waals surface area contributed by atoms with E-state index in [1.165, 1.54) is 5.56 Å². The van der Waals surface area contributed by atoms with E-state index in [0.717, 1.165) is 39.5 Å². The minimum absolute atomic E-state index is 0.0182. The molecular weight excluding hydrogens is 532 g/mol. The Bertz CT molecular complexity index is 1670. The molecule has 1 aliphatic heterocycles. The number of allylic oxidation sites excluding steroid dienone is 1. The number of ether oxygens (including phenoxy) is 1. The quantitative estimate of drug-likeness (QED) is 0.263. The zero-order valence-corrected chi connectivity index (χ0v) is 25.3. The van der Waals surface area contributed by atoms with Gasteiger partial charge >= 0.3 is 0 Å². The van der Waals surface area contributed by atoms with Crippen LogP contribution in [-0.4, -0.2) is 18.8 Å². The van der Waals surface area contributed by atoms with Crippen LogP contribution >= 0.6 is 0 Å². The smallest absolute Gasteiger partial charge is 0.232 e. The highest BCUT2D eigenvalue weighted by Crippen LogP contribution is 2.48. The molecule has 0 saturated carbocycles. The average molecular weight is 571 g/mol. The molecule has 5 heteroatoms. The molecule has 4 aromatic rings. The van der Waals surface area contributed by atoms with E-state index in [9.17, 15) is 9.59 Å². The van der Waals surface area contributed by atoms with Crippen molar-refractivity contribution in [1.82, 2.24) is 0 Å². The molecule has 0 aromatic heterocycles. The first kappa shape index (κ1) is 28.5. The van der Waals surface area contributed by atoms with Crippen molar-refractivity contribution in [3.8, 4) is 5.75 Å². The lowest BCUT2D eigenvalue weighted by Crippen LogP contribution is -2.39. The molecule has 0 spiro atoms. The summed E-state index contributed by atoms with van der Waals surface area (Å²) < 4.78 is 5.36. The molecule has 1 heterocycles. The number of methoxy groups -OCH3 is 1. The van der Waals surface area contributed by atoms with Crippen LogP contribution in [0, 0.1) is 0 Å². The van der Waals surface area contributed by atoms with Gasteiger partial charge in [-0.05, 0) is 64.3 Å². The zero-order valence-electron chi connectivity index (χ0n) is 25.3. The third kappa shape index (κ3) is 5.72. The lowest BCUT2D eigenvalue weighted by atomic mass is 9.77. The largest absolute Gasteiger partial charge is 0.497 e. The number of para-hydroxylation sites is 2. The molecule has 5 nitrogen and oxygen atoms in total. The van der Waals surface area contributed by atoms with Crippen LogP contribution in [-0.2, 0) is 21.4 Å². The van der Waals surface area contributed by atoms with Gasteiger partial charge in [0.05, 0.1) is 30.9 Å². The molecule has 2 aliphatic rings. The number of rotatable bonds is 5. The fraction of sp³-hybridized carbons (Fsp3) is 0.263. The number of amides is 1. The van der Waals surface area contributed by atoms with Crippen LogP contribution in [0.25, 0.3) is 0 Å². The molecule has 0 fully saturated rings. The van der Waals surface area contributed by atoms with Gasteiger partial charge in [0.2, 0.25) is 5.91 Å². The first-order valence-electron chi connectivity index (χ1n) is 15.0. The molecule has 1 aliphatic carbocycles. The van der Waals surface area contributed by atoms with Crippen LogP contribution in [0.5, 0.6) is 5.75 Å². The van der Waals surface area contributed by atoms with Crippen LogP contribution in [0.4, 0.5) is 11.4 Å². The second kappa shape index (κ2) is 11.6. The number of anilines is 2. The molecule has 1 N–H and O–H groups in total. The minimum atomic E-state index is -0.555. The summed E-state index contributed by atoms with van der Waals surface area (Å²) in [5, 5.41) is 3.64. The summed E-state index contributed by atoms with van der Waals surface area (Å²) in [4.78, 5) is 30.5. The third-order valence-corrected chi connectivity index (χ3v) is 8.64. The van der Waals surface area contributed by atoms with E-state index < -0.39 is 6.04 Å². The number of carbonyl (C=O) groups is 2. The first-order valence-corrected chi connectivity index (χ1v) is 15.0. The van der Waals surface area contributed by atoms with E-state index in [-0.39, 0.29) is 29.4 Å². The average Bonchev–Trinajstić information content (AvgIpc) is 3.16. The fourth-order valence-electron chi connectivity index (χ4n) is 6.31. The molecule has 2 unspecified atom stereocenters. The molecule has 6 rings (SSSR count). The number of hydrogen-bond acceptors (Lipinski definition) is 4. The lowest BCUT2D eigenvalue weighted by molar-refractivity contribution is -0.118. The highest BCUT2D eigenvalue weighted by atomic mass is 16.5. The highest BCUT2D eigenvalue weighted by molar-refractivity contribution is 6.06. The molecule has 0 radical (unpaired) electrons. The maximum atomic E-state index is 14.4. The van der Waals surface area contributed by atoms with E-state index in [2.05, 4.69) is 50.4 Å². The Morgan fingerprint density at radius 2 is 1.49 bits per heavy atom. The fourth-order valence-corrected chi connectivity index (χ4v) is 6.31. The summed E-state index contributed by atoms with van der Waals surface area (Å²) in [7, 11) is 1.65. The van der Waals surface area contributed by atoms with Crippen LogP contribution in [0.2, 0.25) is 0 Å². The summed E-state index contributed by atoms with van der Waals surface area (Å²) in [6.45, 7) is 6.57. The van der Waals surface area contributed by atoms with Crippen molar-refractivity contribution in [3.05, 3.63) is 137 Å². The van der Waals surface area contributed by atoms with Gasteiger partial charge in [0, 0.05) is 17.7 Å². The van der Waals surface area contributed by atoms with E-state index >= 15 is 0 Å². The molecule has 4 aromatic carbocycles. The van der Waals surface area contributed by atoms with Crippen molar-refractivity contribution >= 4 is 23.1 Å². The number of hydrogen-bond donors (Lipinski definition) is 1. The Morgan fingerprint density at radius 1 is 0.837 bits per heavy atom. The second-order valence-corrected chi connectivity index (χ2v) is 12.5. The van der Waals surface area contributed by atoms with Gasteiger partial charge in [-0.1, -0.05) is 99.6 Å². The molecule has 0 saturated heterocycles. The number of carbonyl (C=O) groups excluding carboxylic acids is 2. The topological polar surface area (TPSA) is 58.6 Å². The number of Topliss-reactive ketones (excluding diaryl/α,β-unsaturated/α-hetero) is 1. The van der Waals surface area contributed by atoms with Gasteiger partial charge in [0.25, 0.3) is 0 Å². The van der Waals surface area contributed by atoms with E-state index in [4.69, 9.17) is 4.74 Å². The standard InChI is InChI=1S/C38H38N2O3/c1-38(2,3)29-18-14-27(15-19-29)37-36-32(23-28(24-34(36)41)26-16-20-30(43-4)21-17-26)39-31-12-8-9-13-33(31)40(37)35(42)22-25-10-6-5-7-11-25/h5-21,28,37,39H,22-24H2,1-4H3. The van der Waals surface area contributed by atoms with E-state index in [0.29, 0.717) is 18.4 Å². The molecule has 2 atom stereocenters. The molecular formula is C38H38N2O3. The highest BCUT2D eigenvalue weighted by Gasteiger charge is 2.41. The number of fused-ring (bicyclic) bond motifs is 1. The van der Waals surface area contributed by atoms with Gasteiger partial charge in [-0.2, -0.15) is 0 Å². The van der Waals surface area contributed by atoms with Crippen molar-refractivity contribution in [2.75, 3.05) is 17.3 Å². The SMILES string of the molecule is COc1ccc(C2CC(=O)C3=C(C2)Nc2ccccc2N(C(=O)Cc2ccccc2)C3c2ccc(C(C)(C)C)cc2)cc1. The number of nitrogens with one attached hydrogen (secondary N) is 1. The van der Waals surface area contributed by atoms with Gasteiger partial charge in [-0.3, -0.25) is 14.5 Å². The summed E-state index contributed by atoms with van der Waals surface area (Å²) in [6.07, 6.45) is 1.27. The number of nitrogens with zero attached hydrogens (tertiary/aromatic N) is 1. The maximum Gasteiger partial charge on any atom is 0.232 e. The van der Waals surface area contributed by atoms with Crippen molar-refractivity contribution in [3.63, 3.8) is 0 Å². The van der Waals surface area contributed by atoms with Crippen molar-refractivity contribution < 1.29 is 14.3 Å². The summed E-state index contributed by atoms with van der Waals surface area (Å²) in [5.41, 5.74) is 7.30. The van der Waals surface area contributed by atoms with Crippen molar-refractivity contribution in [2.45, 2.75) is 57.4 Å². The summed E-state index contributed by atoms with van der Waals surface area (Å²) in [5.74, 6) is 0.819. The lowest BCUT2D eigenvalue weighted by Gasteiger charge is -2.35. The van der Waals surface area contributed by atoms with Crippen molar-refractivity contribution in [2.24, 2.45) is 0 Å². The van der Waals surface area contributed by atoms with Gasteiger partial charge in [-0.25, -0.2) is 0 Å². The second-order valence-electron chi connectivity index (χ2n) is 12.5. The Labute approximate surface area is 254 Å². The van der Waals surface area contributed by atoms with Crippen LogP contribution in [0.3, 0.4) is 0 Å². The summed E-state index contributed by atoms with van der Waals surface area (Å²) >= 11 is 0. The summed E-state index contributed by atoms with van der Waals surface area (Å²) in [6, 6.07) is 33.6. The van der Waals surface area contributed by atoms with Crippen LogP contribution in [0.15, 0.2) is 114 Å². The van der Waals surface area contributed by atoms with E-state index in [1.807, 2.05) is 83.8 Å². The Balaban J connectivity index is 1.50. The Morgan fingerprint density at radius 3 is 2.16 bits per heavy atom. The maximum absolute atomic E-state index is 14.4. The normalized spacial score (nSPS) is 18.3. The Hall–Kier alpha value is -4.64. The molecule has 1 amide bonds. The van der Waals surface area contributed by atoms with Crippen molar-refractivity contribution in [1.29, 1.82) is 0 Å². The molecule has 218 valence electrons. The van der Waals surface area contributed by atoms with Crippen LogP contribution in [0.1, 0.15) is 67.8 Å². The molecule has 43 heavy (non-hydrogen) atoms. The van der Waals surface area contributed by atoms with E-state index in [1.54, 1.807) is 7.11 Å². The van der Waals surface area contributed by atoms with Gasteiger partial charge in [0.15, 0.2) is 5.78 Å². The van der Waals surface area contributed by atoms with Gasteiger partial charge < -0.3 is 10.1 Å². The minimum Gasteiger partial charge on any atom is -0.497 e.